The molecule has 4 nitrogen and oxygen atoms in total. The molecule has 1 aromatic heterocycles. The number of nitrogens with one attached hydrogen (secondary N) is 3. The zero-order valence-corrected chi connectivity index (χ0v) is 9.77. The van der Waals surface area contributed by atoms with Crippen molar-refractivity contribution < 1.29 is 13.2 Å². The molecule has 100 valence electrons. The lowest BCUT2D eigenvalue weighted by Gasteiger charge is -2.27. The van der Waals surface area contributed by atoms with Gasteiger partial charge in [0, 0.05) is 25.6 Å². The van der Waals surface area contributed by atoms with Crippen LogP contribution in [-0.4, -0.2) is 34.3 Å². The van der Waals surface area contributed by atoms with Crippen LogP contribution in [0.3, 0.4) is 0 Å². The molecule has 1 unspecified atom stereocenters. The summed E-state index contributed by atoms with van der Waals surface area (Å²) in [4.78, 5) is 7.18. The Morgan fingerprint density at radius 1 is 1.44 bits per heavy atom. The predicted octanol–water partition coefficient (Wildman–Crippen LogP) is 1.11. The van der Waals surface area contributed by atoms with Crippen molar-refractivity contribution in [3.63, 3.8) is 0 Å². The molecule has 7 heteroatoms. The first-order valence-corrected chi connectivity index (χ1v) is 6.06. The molecule has 18 heavy (non-hydrogen) atoms. The van der Waals surface area contributed by atoms with Crippen molar-refractivity contribution in [3.05, 3.63) is 17.7 Å². The monoisotopic (exact) mass is 260 g/mol. The number of fused-ring (bicyclic) bond motifs is 1. The Morgan fingerprint density at radius 3 is 2.89 bits per heavy atom. The van der Waals surface area contributed by atoms with E-state index in [9.17, 15) is 13.2 Å². The number of aromatic amines is 1. The third-order valence-corrected chi connectivity index (χ3v) is 3.79. The maximum absolute atomic E-state index is 12.7. The van der Waals surface area contributed by atoms with Crippen LogP contribution in [-0.2, 0) is 13.0 Å². The van der Waals surface area contributed by atoms with Gasteiger partial charge >= 0.3 is 6.18 Å². The fraction of sp³-hybridized carbons (Fsp3) is 0.727. The van der Waals surface area contributed by atoms with Gasteiger partial charge in [-0.15, -0.1) is 0 Å². The van der Waals surface area contributed by atoms with Crippen molar-refractivity contribution in [2.45, 2.75) is 43.6 Å². The summed E-state index contributed by atoms with van der Waals surface area (Å²) in [5, 5.41) is 5.89. The standard InChI is InChI=1S/C11H15F3N4/c12-11(13,14)10(1-2-10)18-4-7-3-8-9(5-15-7)17-6-16-8/h6-7,15,18H,1-5H2,(H,16,17). The minimum Gasteiger partial charge on any atom is -0.347 e. The predicted molar refractivity (Wildman–Crippen MR) is 58.9 cm³/mol. The van der Waals surface area contributed by atoms with Gasteiger partial charge < -0.3 is 15.6 Å². The molecule has 1 aromatic rings. The van der Waals surface area contributed by atoms with Gasteiger partial charge in [-0.25, -0.2) is 4.98 Å². The minimum absolute atomic E-state index is 0.0145. The Labute approximate surface area is 102 Å². The van der Waals surface area contributed by atoms with Crippen LogP contribution in [0.1, 0.15) is 24.2 Å². The van der Waals surface area contributed by atoms with Crippen molar-refractivity contribution in [2.75, 3.05) is 6.54 Å². The zero-order chi connectivity index (χ0) is 12.8. The Hall–Kier alpha value is -1.08. The fourth-order valence-corrected chi connectivity index (χ4v) is 2.38. The molecule has 1 aliphatic carbocycles. The molecule has 1 saturated carbocycles. The highest BCUT2D eigenvalue weighted by molar-refractivity contribution is 5.16. The molecule has 0 bridgehead atoms. The highest BCUT2D eigenvalue weighted by atomic mass is 19.4. The highest BCUT2D eigenvalue weighted by Gasteiger charge is 2.63. The van der Waals surface area contributed by atoms with E-state index in [1.165, 1.54) is 0 Å². The van der Waals surface area contributed by atoms with Gasteiger partial charge in [0.1, 0.15) is 5.54 Å². The number of H-pyrrole nitrogens is 1. The first-order valence-electron chi connectivity index (χ1n) is 6.06. The van der Waals surface area contributed by atoms with Gasteiger partial charge in [-0.05, 0) is 12.8 Å². The minimum atomic E-state index is -4.14. The zero-order valence-electron chi connectivity index (χ0n) is 9.77. The lowest BCUT2D eigenvalue weighted by Crippen LogP contribution is -2.51. The molecule has 0 amide bonds. The van der Waals surface area contributed by atoms with Gasteiger partial charge in [0.2, 0.25) is 0 Å². The molecule has 1 fully saturated rings. The number of hydrogen-bond donors (Lipinski definition) is 3. The van der Waals surface area contributed by atoms with Gasteiger partial charge in [-0.2, -0.15) is 13.2 Å². The molecule has 0 spiro atoms. The van der Waals surface area contributed by atoms with Crippen LogP contribution in [0.25, 0.3) is 0 Å². The smallest absolute Gasteiger partial charge is 0.347 e. The van der Waals surface area contributed by atoms with E-state index in [1.807, 2.05) is 0 Å². The summed E-state index contributed by atoms with van der Waals surface area (Å²) in [5.74, 6) is 0. The van der Waals surface area contributed by atoms with E-state index >= 15 is 0 Å². The topological polar surface area (TPSA) is 52.7 Å². The van der Waals surface area contributed by atoms with E-state index < -0.39 is 11.7 Å². The molecule has 3 rings (SSSR count). The fourth-order valence-electron chi connectivity index (χ4n) is 2.38. The quantitative estimate of drug-likeness (QED) is 0.763. The second kappa shape index (κ2) is 3.96. The van der Waals surface area contributed by atoms with Crippen LogP contribution >= 0.6 is 0 Å². The lowest BCUT2D eigenvalue weighted by molar-refractivity contribution is -0.166. The van der Waals surface area contributed by atoms with E-state index in [0.29, 0.717) is 19.5 Å². The first-order chi connectivity index (χ1) is 8.50. The summed E-state index contributed by atoms with van der Waals surface area (Å²) in [6.45, 7) is 0.965. The van der Waals surface area contributed by atoms with E-state index in [4.69, 9.17) is 0 Å². The number of hydrogen-bond acceptors (Lipinski definition) is 3. The molecular weight excluding hydrogens is 245 g/mol. The van der Waals surface area contributed by atoms with Crippen molar-refractivity contribution in [2.24, 2.45) is 0 Å². The summed E-state index contributed by atoms with van der Waals surface area (Å²) in [5.41, 5.74) is 0.362. The summed E-state index contributed by atoms with van der Waals surface area (Å²) >= 11 is 0. The maximum atomic E-state index is 12.7. The maximum Gasteiger partial charge on any atom is 0.406 e. The number of alkyl halides is 3. The SMILES string of the molecule is FC(F)(F)C1(NCC2Cc3nc[nH]c3CN2)CC1. The van der Waals surface area contributed by atoms with Crippen molar-refractivity contribution >= 4 is 0 Å². The van der Waals surface area contributed by atoms with Crippen molar-refractivity contribution in [1.29, 1.82) is 0 Å². The van der Waals surface area contributed by atoms with E-state index in [-0.39, 0.29) is 18.9 Å². The summed E-state index contributed by atoms with van der Waals surface area (Å²) in [7, 11) is 0. The van der Waals surface area contributed by atoms with Gasteiger partial charge in [0.15, 0.2) is 0 Å². The Kier molecular flexibility index (Phi) is 2.63. The largest absolute Gasteiger partial charge is 0.406 e. The summed E-state index contributed by atoms with van der Waals surface area (Å²) in [6, 6.07) is 0.0145. The van der Waals surface area contributed by atoms with Gasteiger partial charge in [0.25, 0.3) is 0 Å². The van der Waals surface area contributed by atoms with Crippen LogP contribution in [0.15, 0.2) is 6.33 Å². The molecule has 2 heterocycles. The molecule has 0 saturated heterocycles. The third kappa shape index (κ3) is 2.01. The number of imidazole rings is 1. The normalized spacial score (nSPS) is 25.8. The van der Waals surface area contributed by atoms with E-state index in [1.54, 1.807) is 6.33 Å². The number of halogens is 3. The van der Waals surface area contributed by atoms with Crippen LogP contribution in [0, 0.1) is 0 Å². The highest BCUT2D eigenvalue weighted by Crippen LogP contribution is 2.48. The Bertz CT molecular complexity index is 436. The first kappa shape index (κ1) is 12.0. The van der Waals surface area contributed by atoms with Crippen LogP contribution in [0.4, 0.5) is 13.2 Å². The molecule has 1 atom stereocenters. The average Bonchev–Trinajstić information content (AvgIpc) is 2.98. The van der Waals surface area contributed by atoms with E-state index in [0.717, 1.165) is 11.4 Å². The number of aromatic nitrogens is 2. The second-order valence-corrected chi connectivity index (χ2v) is 5.07. The van der Waals surface area contributed by atoms with E-state index in [2.05, 4.69) is 20.6 Å². The van der Waals surface area contributed by atoms with Crippen molar-refractivity contribution in [3.8, 4) is 0 Å². The molecule has 0 aromatic carbocycles. The van der Waals surface area contributed by atoms with Crippen LogP contribution < -0.4 is 10.6 Å². The third-order valence-electron chi connectivity index (χ3n) is 3.79. The molecular formula is C11H15F3N4. The molecule has 1 aliphatic heterocycles. The van der Waals surface area contributed by atoms with Gasteiger partial charge in [-0.3, -0.25) is 0 Å². The summed E-state index contributed by atoms with van der Waals surface area (Å²) < 4.78 is 38.2. The molecule has 2 aliphatic rings. The molecule has 3 N–H and O–H groups in total. The van der Waals surface area contributed by atoms with Crippen molar-refractivity contribution in [1.82, 2.24) is 20.6 Å². The molecule has 0 radical (unpaired) electrons. The summed E-state index contributed by atoms with van der Waals surface area (Å²) in [6.07, 6.45) is -1.47. The second-order valence-electron chi connectivity index (χ2n) is 5.07. The van der Waals surface area contributed by atoms with Crippen LogP contribution in [0.5, 0.6) is 0 Å². The number of rotatable bonds is 3. The van der Waals surface area contributed by atoms with Gasteiger partial charge in [-0.1, -0.05) is 0 Å². The van der Waals surface area contributed by atoms with Crippen LogP contribution in [0.2, 0.25) is 0 Å². The lowest BCUT2D eigenvalue weighted by atomic mass is 10.0. The van der Waals surface area contributed by atoms with Gasteiger partial charge in [0.05, 0.1) is 17.7 Å². The average molecular weight is 260 g/mol. The Morgan fingerprint density at radius 2 is 2.22 bits per heavy atom. The Balaban J connectivity index is 1.57. The number of nitrogens with zero attached hydrogens (tertiary/aromatic N) is 1.